The highest BCUT2D eigenvalue weighted by molar-refractivity contribution is 6.34. The van der Waals surface area contributed by atoms with E-state index in [9.17, 15) is 28.5 Å². The lowest BCUT2D eigenvalue weighted by molar-refractivity contribution is -0.384. The van der Waals surface area contributed by atoms with Crippen molar-refractivity contribution in [2.45, 2.75) is 20.1 Å². The number of carbonyl (C=O) groups excluding carboxylic acids is 1. The number of nitrogens with zero attached hydrogens (tertiary/aromatic N) is 2. The van der Waals surface area contributed by atoms with Crippen molar-refractivity contribution in [2.75, 3.05) is 0 Å². The van der Waals surface area contributed by atoms with E-state index in [2.05, 4.69) is 5.32 Å². The van der Waals surface area contributed by atoms with E-state index in [1.807, 2.05) is 0 Å². The summed E-state index contributed by atoms with van der Waals surface area (Å²) in [5, 5.41) is 13.3. The van der Waals surface area contributed by atoms with Crippen molar-refractivity contribution in [2.24, 2.45) is 0 Å². The van der Waals surface area contributed by atoms with Gasteiger partial charge in [-0.05, 0) is 55.0 Å². The van der Waals surface area contributed by atoms with Crippen molar-refractivity contribution in [3.8, 4) is 17.2 Å². The average Bonchev–Trinajstić information content (AvgIpc) is 2.90. The maximum absolute atomic E-state index is 13.9. The molecule has 0 fully saturated rings. The van der Waals surface area contributed by atoms with Crippen LogP contribution in [-0.4, -0.2) is 23.4 Å². The Morgan fingerprint density at radius 1 is 1.08 bits per heavy atom. The van der Waals surface area contributed by atoms with Crippen LogP contribution in [0.25, 0.3) is 5.69 Å². The smallest absolute Gasteiger partial charge is 0.412 e. The summed E-state index contributed by atoms with van der Waals surface area (Å²) in [4.78, 5) is 35.4. The average molecular weight is 531 g/mol. The molecule has 4 rings (SSSR count). The minimum absolute atomic E-state index is 0.0595. The Hall–Kier alpha value is -5.00. The molecule has 196 valence electrons. The number of rotatable bonds is 8. The molecule has 0 aliphatic heterocycles. The normalized spacial score (nSPS) is 10.6. The first-order chi connectivity index (χ1) is 18.6. The van der Waals surface area contributed by atoms with Crippen LogP contribution in [0.15, 0.2) is 77.6 Å². The van der Waals surface area contributed by atoms with Crippen LogP contribution in [-0.2, 0) is 13.2 Å². The minimum Gasteiger partial charge on any atom is -0.489 e. The van der Waals surface area contributed by atoms with E-state index < -0.39 is 28.2 Å². The van der Waals surface area contributed by atoms with Crippen LogP contribution in [0.5, 0.6) is 11.5 Å². The molecule has 2 radical (unpaired) electrons. The summed E-state index contributed by atoms with van der Waals surface area (Å²) in [6.45, 7) is 1.47. The summed E-state index contributed by atoms with van der Waals surface area (Å²) >= 11 is 0. The Labute approximate surface area is 222 Å². The lowest BCUT2D eigenvalue weighted by Gasteiger charge is -2.16. The number of halogens is 2. The van der Waals surface area contributed by atoms with Crippen LogP contribution >= 0.6 is 0 Å². The number of hydrogen-bond donors (Lipinski definition) is 1. The molecule has 4 aromatic rings. The molecule has 0 saturated carbocycles. The lowest BCUT2D eigenvalue weighted by Crippen LogP contribution is -2.36. The first-order valence-corrected chi connectivity index (χ1v) is 11.5. The van der Waals surface area contributed by atoms with Crippen molar-refractivity contribution in [1.82, 2.24) is 9.88 Å². The highest BCUT2D eigenvalue weighted by atomic mass is 19.1. The molecule has 0 unspecified atom stereocenters. The molecule has 0 spiro atoms. The molecule has 1 heterocycles. The fourth-order valence-electron chi connectivity index (χ4n) is 3.71. The number of aromatic nitrogens is 1. The zero-order valence-corrected chi connectivity index (χ0v) is 20.5. The first kappa shape index (κ1) is 27.1. The Balaban J connectivity index is 1.45. The van der Waals surface area contributed by atoms with Gasteiger partial charge in [-0.1, -0.05) is 12.1 Å². The Kier molecular flexibility index (Phi) is 8.04. The quantitative estimate of drug-likeness (QED) is 0.209. The predicted octanol–water partition coefficient (Wildman–Crippen LogP) is 3.99. The number of benzene rings is 3. The van der Waals surface area contributed by atoms with Crippen molar-refractivity contribution in [1.29, 1.82) is 0 Å². The Bertz CT molecular complexity index is 1610. The molecule has 0 aliphatic rings. The maximum atomic E-state index is 13.9. The van der Waals surface area contributed by atoms with Gasteiger partial charge >= 0.3 is 6.09 Å². The molecule has 9 nitrogen and oxygen atoms in total. The van der Waals surface area contributed by atoms with Crippen LogP contribution in [0.3, 0.4) is 0 Å². The zero-order chi connectivity index (χ0) is 28.1. The molecule has 1 amide bonds. The first-order valence-electron chi connectivity index (χ1n) is 11.5. The molecular weight excluding hydrogens is 511 g/mol. The second kappa shape index (κ2) is 11.6. The topological polar surface area (TPSA) is 113 Å². The number of ether oxygens (including phenoxy) is 2. The van der Waals surface area contributed by atoms with E-state index in [0.29, 0.717) is 16.9 Å². The fraction of sp³-hybridized carbons (Fsp3) is 0.111. The Morgan fingerprint density at radius 3 is 2.51 bits per heavy atom. The van der Waals surface area contributed by atoms with E-state index in [1.54, 1.807) is 31.2 Å². The van der Waals surface area contributed by atoms with Crippen LogP contribution in [0, 0.1) is 28.7 Å². The van der Waals surface area contributed by atoms with Gasteiger partial charge < -0.3 is 14.8 Å². The summed E-state index contributed by atoms with van der Waals surface area (Å²) in [7, 11) is 6.03. The number of hydrogen-bond acceptors (Lipinski definition) is 6. The van der Waals surface area contributed by atoms with Gasteiger partial charge in [-0.3, -0.25) is 19.5 Å². The molecule has 0 saturated heterocycles. The molecule has 12 heteroatoms. The van der Waals surface area contributed by atoms with Gasteiger partial charge in [0.1, 0.15) is 37.6 Å². The van der Waals surface area contributed by atoms with Crippen LogP contribution in [0.1, 0.15) is 16.8 Å². The highest BCUT2D eigenvalue weighted by Crippen LogP contribution is 2.19. The van der Waals surface area contributed by atoms with Crippen molar-refractivity contribution in [3.05, 3.63) is 122 Å². The van der Waals surface area contributed by atoms with Gasteiger partial charge in [0.25, 0.3) is 11.2 Å². The number of nitro benzene ring substituents is 1. The van der Waals surface area contributed by atoms with Crippen molar-refractivity contribution >= 4 is 25.1 Å². The van der Waals surface area contributed by atoms with Gasteiger partial charge in [0, 0.05) is 47.2 Å². The van der Waals surface area contributed by atoms with Crippen molar-refractivity contribution in [3.63, 3.8) is 0 Å². The van der Waals surface area contributed by atoms with Crippen molar-refractivity contribution < 1.29 is 28.0 Å². The standard InChI is InChI=1S/C27H20BF2N3O6/c1-16-11-24(38-15-18-5-6-19(29)13-23(18)30)25(28)26(34)32(16)21-4-2-3-17(12-21)14-31-27(35)39-22-9-7-20(8-10-22)33(36)37/h2-13H,14-15H2,1H3,(H,31,35). The summed E-state index contributed by atoms with van der Waals surface area (Å²) in [5.74, 6) is -1.30. The maximum Gasteiger partial charge on any atom is 0.412 e. The van der Waals surface area contributed by atoms with Gasteiger partial charge in [-0.25, -0.2) is 13.6 Å². The van der Waals surface area contributed by atoms with Gasteiger partial charge in [0.15, 0.2) is 0 Å². The lowest BCUT2D eigenvalue weighted by atomic mass is 9.96. The molecule has 0 atom stereocenters. The van der Waals surface area contributed by atoms with E-state index in [4.69, 9.17) is 17.3 Å². The third-order valence-electron chi connectivity index (χ3n) is 5.65. The zero-order valence-electron chi connectivity index (χ0n) is 20.5. The van der Waals surface area contributed by atoms with E-state index >= 15 is 0 Å². The van der Waals surface area contributed by atoms with E-state index in [-0.39, 0.29) is 41.4 Å². The van der Waals surface area contributed by atoms with Crippen LogP contribution in [0.2, 0.25) is 0 Å². The summed E-state index contributed by atoms with van der Waals surface area (Å²) in [6, 6.07) is 16.4. The van der Waals surface area contributed by atoms with Gasteiger partial charge in [-0.15, -0.1) is 0 Å². The number of non-ortho nitro benzene ring substituents is 1. The number of amides is 1. The number of aryl methyl sites for hydroxylation is 1. The van der Waals surface area contributed by atoms with E-state index in [0.717, 1.165) is 12.1 Å². The fourth-order valence-corrected chi connectivity index (χ4v) is 3.71. The largest absolute Gasteiger partial charge is 0.489 e. The Morgan fingerprint density at radius 2 is 1.82 bits per heavy atom. The van der Waals surface area contributed by atoms with Crippen LogP contribution in [0.4, 0.5) is 19.3 Å². The van der Waals surface area contributed by atoms with E-state index in [1.165, 1.54) is 41.0 Å². The molecule has 0 aliphatic carbocycles. The number of pyridine rings is 1. The summed E-state index contributed by atoms with van der Waals surface area (Å²) < 4.78 is 39.1. The van der Waals surface area contributed by atoms with Gasteiger partial charge in [0.05, 0.1) is 4.92 Å². The van der Waals surface area contributed by atoms with Gasteiger partial charge in [-0.2, -0.15) is 0 Å². The summed E-state index contributed by atoms with van der Waals surface area (Å²) in [6.07, 6.45) is -0.772. The molecule has 1 N–H and O–H groups in total. The SMILES string of the molecule is [B]c1c(OCc2ccc(F)cc2F)cc(C)n(-c2cccc(CNC(=O)Oc3ccc([N+](=O)[O-])cc3)c2)c1=O. The molecule has 0 bridgehead atoms. The third kappa shape index (κ3) is 6.47. The predicted molar refractivity (Wildman–Crippen MR) is 139 cm³/mol. The number of nitrogens with one attached hydrogen (secondary N) is 1. The van der Waals surface area contributed by atoms with Gasteiger partial charge in [0.2, 0.25) is 0 Å². The summed E-state index contributed by atoms with van der Waals surface area (Å²) in [5.41, 5.74) is 0.808. The second-order valence-corrected chi connectivity index (χ2v) is 8.39. The highest BCUT2D eigenvalue weighted by Gasteiger charge is 2.14. The minimum atomic E-state index is -0.777. The molecule has 3 aromatic carbocycles. The monoisotopic (exact) mass is 531 g/mol. The second-order valence-electron chi connectivity index (χ2n) is 8.39. The third-order valence-corrected chi connectivity index (χ3v) is 5.65. The number of carbonyl (C=O) groups is 1. The number of nitro groups is 1. The molecule has 1 aromatic heterocycles. The molecule has 39 heavy (non-hydrogen) atoms. The van der Waals surface area contributed by atoms with Crippen LogP contribution < -0.4 is 25.8 Å². The molecular formula is C27H20BF2N3O6.